The van der Waals surface area contributed by atoms with Crippen LogP contribution in [-0.4, -0.2) is 37.7 Å². The summed E-state index contributed by atoms with van der Waals surface area (Å²) in [6.07, 6.45) is 7.41. The Morgan fingerprint density at radius 1 is 1.15 bits per heavy atom. The zero-order chi connectivity index (χ0) is 18.0. The fraction of sp³-hybridized carbons (Fsp3) is 0.667. The topological polar surface area (TPSA) is 50.4 Å². The molecule has 3 aliphatic heterocycles. The zero-order valence-corrected chi connectivity index (χ0v) is 16.1. The summed E-state index contributed by atoms with van der Waals surface area (Å²) in [6, 6.07) is 9.38. The number of ether oxygens (including phenoxy) is 1. The van der Waals surface area contributed by atoms with Gasteiger partial charge in [0.05, 0.1) is 0 Å². The largest absolute Gasteiger partial charge is 0.381 e. The highest BCUT2D eigenvalue weighted by Gasteiger charge is 2.36. The maximum atomic E-state index is 12.6. The summed E-state index contributed by atoms with van der Waals surface area (Å²) in [5.74, 6) is 0.742. The molecule has 2 N–H and O–H groups in total. The first kappa shape index (κ1) is 18.3. The molecule has 1 aromatic carbocycles. The van der Waals surface area contributed by atoms with E-state index >= 15 is 0 Å². The molecule has 3 saturated heterocycles. The average molecular weight is 377 g/mol. The van der Waals surface area contributed by atoms with E-state index in [-0.39, 0.29) is 11.3 Å². The van der Waals surface area contributed by atoms with Crippen molar-refractivity contribution in [3.05, 3.63) is 34.9 Å². The number of nitrogens with one attached hydrogen (secondary N) is 2. The number of fused-ring (bicyclic) bond motifs is 2. The van der Waals surface area contributed by atoms with Crippen LogP contribution in [0, 0.1) is 5.92 Å². The van der Waals surface area contributed by atoms with E-state index < -0.39 is 0 Å². The second-order valence-corrected chi connectivity index (χ2v) is 8.79. The number of hydrogen-bond donors (Lipinski definition) is 2. The lowest BCUT2D eigenvalue weighted by Crippen LogP contribution is -2.45. The van der Waals surface area contributed by atoms with E-state index in [0.717, 1.165) is 43.9 Å². The number of benzene rings is 1. The Hall–Kier alpha value is -1.10. The van der Waals surface area contributed by atoms with E-state index in [1.54, 1.807) is 0 Å². The number of carbonyl (C=O) groups is 1. The van der Waals surface area contributed by atoms with Gasteiger partial charge in [-0.2, -0.15) is 0 Å². The average Bonchev–Trinajstić information content (AvgIpc) is 3.00. The number of piperidine rings is 1. The summed E-state index contributed by atoms with van der Waals surface area (Å²) in [7, 11) is 0. The molecule has 2 bridgehead atoms. The zero-order valence-electron chi connectivity index (χ0n) is 15.3. The van der Waals surface area contributed by atoms with E-state index in [1.165, 1.54) is 18.4 Å². The fourth-order valence-electron chi connectivity index (χ4n) is 5.08. The van der Waals surface area contributed by atoms with Gasteiger partial charge in [0, 0.05) is 48.7 Å². The molecule has 5 heteroatoms. The molecule has 2 unspecified atom stereocenters. The van der Waals surface area contributed by atoms with Gasteiger partial charge in [-0.25, -0.2) is 0 Å². The second kappa shape index (κ2) is 7.87. The maximum Gasteiger partial charge on any atom is 0.220 e. The Kier molecular flexibility index (Phi) is 5.53. The molecule has 26 heavy (non-hydrogen) atoms. The standard InChI is InChI=1S/C21H29ClN2O2/c22-17-3-1-16(2-4-17)21(7-9-26-10-8-21)14-23-20(25)13-15-11-18-5-6-19(12-15)24-18/h1-4,15,18-19,24H,5-14H2,(H,23,25). The van der Waals surface area contributed by atoms with E-state index in [4.69, 9.17) is 16.3 Å². The first-order chi connectivity index (χ1) is 12.6. The predicted molar refractivity (Wildman–Crippen MR) is 103 cm³/mol. The fourth-order valence-corrected chi connectivity index (χ4v) is 5.20. The summed E-state index contributed by atoms with van der Waals surface area (Å²) in [5, 5.41) is 7.66. The molecule has 1 amide bonds. The van der Waals surface area contributed by atoms with Gasteiger partial charge in [0.1, 0.15) is 0 Å². The van der Waals surface area contributed by atoms with Gasteiger partial charge in [-0.3, -0.25) is 4.79 Å². The molecule has 0 spiro atoms. The van der Waals surface area contributed by atoms with Crippen LogP contribution in [0.3, 0.4) is 0 Å². The summed E-state index contributed by atoms with van der Waals surface area (Å²) < 4.78 is 5.58. The highest BCUT2D eigenvalue weighted by molar-refractivity contribution is 6.30. The van der Waals surface area contributed by atoms with Gasteiger partial charge in [0.15, 0.2) is 0 Å². The van der Waals surface area contributed by atoms with E-state index in [1.807, 2.05) is 12.1 Å². The van der Waals surface area contributed by atoms with Crippen molar-refractivity contribution in [3.63, 3.8) is 0 Å². The Labute approximate surface area is 161 Å². The van der Waals surface area contributed by atoms with Gasteiger partial charge < -0.3 is 15.4 Å². The smallest absolute Gasteiger partial charge is 0.220 e. The molecule has 1 aromatic rings. The molecule has 0 saturated carbocycles. The highest BCUT2D eigenvalue weighted by Crippen LogP contribution is 2.35. The van der Waals surface area contributed by atoms with Crippen molar-refractivity contribution in [1.29, 1.82) is 0 Å². The van der Waals surface area contributed by atoms with Crippen LogP contribution in [0.15, 0.2) is 24.3 Å². The summed E-state index contributed by atoms with van der Waals surface area (Å²) >= 11 is 6.06. The monoisotopic (exact) mass is 376 g/mol. The lowest BCUT2D eigenvalue weighted by atomic mass is 9.74. The van der Waals surface area contributed by atoms with Crippen LogP contribution >= 0.6 is 11.6 Å². The van der Waals surface area contributed by atoms with Crippen molar-refractivity contribution in [3.8, 4) is 0 Å². The van der Waals surface area contributed by atoms with E-state index in [2.05, 4.69) is 22.8 Å². The summed E-state index contributed by atoms with van der Waals surface area (Å²) in [5.41, 5.74) is 1.22. The minimum Gasteiger partial charge on any atom is -0.381 e. The van der Waals surface area contributed by atoms with Gasteiger partial charge in [-0.15, -0.1) is 0 Å². The van der Waals surface area contributed by atoms with Crippen LogP contribution in [0.4, 0.5) is 0 Å². The molecule has 3 fully saturated rings. The molecule has 0 aromatic heterocycles. The minimum absolute atomic E-state index is 0.0361. The van der Waals surface area contributed by atoms with E-state index in [9.17, 15) is 4.79 Å². The van der Waals surface area contributed by atoms with Gasteiger partial charge >= 0.3 is 0 Å². The molecular weight excluding hydrogens is 348 g/mol. The minimum atomic E-state index is -0.0361. The third kappa shape index (κ3) is 4.08. The highest BCUT2D eigenvalue weighted by atomic mass is 35.5. The van der Waals surface area contributed by atoms with Gasteiger partial charge in [0.2, 0.25) is 5.91 Å². The maximum absolute atomic E-state index is 12.6. The lowest BCUT2D eigenvalue weighted by molar-refractivity contribution is -0.122. The van der Waals surface area contributed by atoms with Crippen LogP contribution in [0.5, 0.6) is 0 Å². The second-order valence-electron chi connectivity index (χ2n) is 8.36. The molecule has 142 valence electrons. The van der Waals surface area contributed by atoms with Crippen LogP contribution in [-0.2, 0) is 14.9 Å². The quantitative estimate of drug-likeness (QED) is 0.827. The van der Waals surface area contributed by atoms with Crippen LogP contribution < -0.4 is 10.6 Å². The van der Waals surface area contributed by atoms with Gasteiger partial charge in [-0.05, 0) is 62.1 Å². The molecule has 0 radical (unpaired) electrons. The van der Waals surface area contributed by atoms with Crippen molar-refractivity contribution in [2.24, 2.45) is 5.92 Å². The number of rotatable bonds is 5. The van der Waals surface area contributed by atoms with Gasteiger partial charge in [0.25, 0.3) is 0 Å². The number of hydrogen-bond acceptors (Lipinski definition) is 3. The molecule has 2 atom stereocenters. The molecule has 4 nitrogen and oxygen atoms in total. The SMILES string of the molecule is O=C(CC1CC2CCC(C1)N2)NCC1(c2ccc(Cl)cc2)CCOCC1. The Balaban J connectivity index is 1.37. The van der Waals surface area contributed by atoms with Crippen molar-refractivity contribution in [2.75, 3.05) is 19.8 Å². The summed E-state index contributed by atoms with van der Waals surface area (Å²) in [6.45, 7) is 2.18. The third-order valence-corrected chi connectivity index (χ3v) is 6.83. The number of carbonyl (C=O) groups excluding carboxylic acids is 1. The van der Waals surface area contributed by atoms with Crippen molar-refractivity contribution < 1.29 is 9.53 Å². The Morgan fingerprint density at radius 2 is 1.81 bits per heavy atom. The van der Waals surface area contributed by atoms with Crippen LogP contribution in [0.25, 0.3) is 0 Å². The first-order valence-corrected chi connectivity index (χ1v) is 10.4. The summed E-state index contributed by atoms with van der Waals surface area (Å²) in [4.78, 5) is 12.6. The Bertz CT molecular complexity index is 615. The van der Waals surface area contributed by atoms with Gasteiger partial charge in [-0.1, -0.05) is 23.7 Å². The van der Waals surface area contributed by atoms with Crippen LogP contribution in [0.1, 0.15) is 50.5 Å². The number of halogens is 1. The van der Waals surface area contributed by atoms with Crippen molar-refractivity contribution >= 4 is 17.5 Å². The number of amides is 1. The van der Waals surface area contributed by atoms with E-state index in [0.29, 0.717) is 31.0 Å². The molecule has 4 rings (SSSR count). The normalized spacial score (nSPS) is 30.1. The third-order valence-electron chi connectivity index (χ3n) is 6.58. The molecule has 3 aliphatic rings. The van der Waals surface area contributed by atoms with Crippen molar-refractivity contribution in [1.82, 2.24) is 10.6 Å². The molecule has 3 heterocycles. The molecule has 0 aliphatic carbocycles. The predicted octanol–water partition coefficient (Wildman–Crippen LogP) is 3.43. The first-order valence-electron chi connectivity index (χ1n) is 9.99. The van der Waals surface area contributed by atoms with Crippen LogP contribution in [0.2, 0.25) is 5.02 Å². The molecular formula is C21H29ClN2O2. The Morgan fingerprint density at radius 3 is 2.46 bits per heavy atom. The van der Waals surface area contributed by atoms with Crippen molar-refractivity contribution in [2.45, 2.75) is 62.4 Å². The lowest BCUT2D eigenvalue weighted by Gasteiger charge is -2.38.